The van der Waals surface area contributed by atoms with Gasteiger partial charge in [-0.3, -0.25) is 4.98 Å². The highest BCUT2D eigenvalue weighted by Gasteiger charge is 2.23. The molecule has 0 radical (unpaired) electrons. The first kappa shape index (κ1) is 22.9. The molecule has 1 aliphatic heterocycles. The van der Waals surface area contributed by atoms with Crippen LogP contribution < -0.4 is 10.2 Å². The van der Waals surface area contributed by atoms with Gasteiger partial charge < -0.3 is 24.3 Å². The van der Waals surface area contributed by atoms with Crippen molar-refractivity contribution in [3.05, 3.63) is 53.6 Å². The molecule has 0 spiro atoms. The molecule has 3 aromatic heterocycles. The zero-order valence-electron chi connectivity index (χ0n) is 18.7. The third-order valence-corrected chi connectivity index (χ3v) is 5.09. The third kappa shape index (κ3) is 5.76. The third-order valence-electron chi connectivity index (χ3n) is 5.09. The van der Waals surface area contributed by atoms with Crippen molar-refractivity contribution in [2.75, 3.05) is 43.6 Å². The average molecular weight is 460 g/mol. The number of aryl methyl sites for hydroxylation is 1. The van der Waals surface area contributed by atoms with Crippen LogP contribution in [0.5, 0.6) is 0 Å². The van der Waals surface area contributed by atoms with Gasteiger partial charge in [0.1, 0.15) is 23.2 Å². The quantitative estimate of drug-likeness (QED) is 0.540. The van der Waals surface area contributed by atoms with E-state index >= 15 is 0 Å². The van der Waals surface area contributed by atoms with Crippen molar-refractivity contribution in [1.82, 2.24) is 29.5 Å². The van der Waals surface area contributed by atoms with Gasteiger partial charge in [0.25, 0.3) is 0 Å². The minimum absolute atomic E-state index is 0.00600. The van der Waals surface area contributed by atoms with Gasteiger partial charge in [0, 0.05) is 39.5 Å². The molecule has 1 N–H and O–H groups in total. The molecule has 176 valence electrons. The van der Waals surface area contributed by atoms with E-state index < -0.39 is 17.7 Å². The summed E-state index contributed by atoms with van der Waals surface area (Å²) in [6.07, 6.45) is 4.98. The maximum absolute atomic E-state index is 14.4. The first-order valence-electron chi connectivity index (χ1n) is 10.6. The number of hydrogen-bond acceptors (Lipinski definition) is 9. The number of anilines is 2. The first-order chi connectivity index (χ1) is 15.9. The number of pyridine rings is 1. The number of imidazole rings is 1. The predicted molar refractivity (Wildman–Crippen MR) is 116 cm³/mol. The van der Waals surface area contributed by atoms with Gasteiger partial charge in [0.15, 0.2) is 0 Å². The van der Waals surface area contributed by atoms with E-state index in [-0.39, 0.29) is 24.4 Å². The summed E-state index contributed by atoms with van der Waals surface area (Å²) in [5, 5.41) is 3.08. The van der Waals surface area contributed by atoms with Crippen LogP contribution in [0.3, 0.4) is 0 Å². The summed E-state index contributed by atoms with van der Waals surface area (Å²) >= 11 is 0. The standard InChI is InChI=1S/C21H26F2N8O2/c1-13-9-31(4-5-33-13)21-28-18(7-15-10-30(2)12-25-15)27-20(29-21)26-17(11-32-3)19-16(23)6-14(22)8-24-19/h6,8,10,12-13,17H,4-5,7,9,11H2,1-3H3,(H,26,27,28,29)/t13?,17-/m0/s1. The van der Waals surface area contributed by atoms with Crippen LogP contribution >= 0.6 is 0 Å². The molecule has 0 amide bonds. The number of methoxy groups -OCH3 is 1. The lowest BCUT2D eigenvalue weighted by Crippen LogP contribution is -2.42. The monoisotopic (exact) mass is 460 g/mol. The second-order valence-corrected chi connectivity index (χ2v) is 7.88. The van der Waals surface area contributed by atoms with Gasteiger partial charge in [-0.1, -0.05) is 0 Å². The molecule has 1 aliphatic rings. The van der Waals surface area contributed by atoms with E-state index in [1.807, 2.05) is 29.6 Å². The molecule has 1 saturated heterocycles. The lowest BCUT2D eigenvalue weighted by Gasteiger charge is -2.31. The fourth-order valence-electron chi connectivity index (χ4n) is 3.61. The summed E-state index contributed by atoms with van der Waals surface area (Å²) in [6.45, 7) is 3.87. The Morgan fingerprint density at radius 2 is 2.12 bits per heavy atom. The Labute approximate surface area is 190 Å². The molecule has 33 heavy (non-hydrogen) atoms. The van der Waals surface area contributed by atoms with E-state index in [0.717, 1.165) is 18.0 Å². The van der Waals surface area contributed by atoms with Gasteiger partial charge in [0.2, 0.25) is 11.9 Å². The molecular formula is C21H26F2N8O2. The number of nitrogens with one attached hydrogen (secondary N) is 1. The summed E-state index contributed by atoms with van der Waals surface area (Å²) in [4.78, 5) is 24.0. The van der Waals surface area contributed by atoms with E-state index in [4.69, 9.17) is 9.47 Å². The molecule has 0 bridgehead atoms. The summed E-state index contributed by atoms with van der Waals surface area (Å²) in [6, 6.07) is 0.0461. The smallest absolute Gasteiger partial charge is 0.230 e. The predicted octanol–water partition coefficient (Wildman–Crippen LogP) is 1.89. The number of rotatable bonds is 8. The number of nitrogens with zero attached hydrogens (tertiary/aromatic N) is 7. The minimum atomic E-state index is -0.783. The highest BCUT2D eigenvalue weighted by atomic mass is 19.1. The van der Waals surface area contributed by atoms with Gasteiger partial charge in [-0.2, -0.15) is 15.0 Å². The van der Waals surface area contributed by atoms with Crippen LogP contribution in [0.15, 0.2) is 24.8 Å². The van der Waals surface area contributed by atoms with Crippen LogP contribution in [-0.2, 0) is 22.9 Å². The highest BCUT2D eigenvalue weighted by molar-refractivity contribution is 5.40. The molecule has 0 saturated carbocycles. The van der Waals surface area contributed by atoms with Crippen LogP contribution in [0.25, 0.3) is 0 Å². The maximum atomic E-state index is 14.4. The molecule has 0 aliphatic carbocycles. The lowest BCUT2D eigenvalue weighted by molar-refractivity contribution is 0.0526. The second kappa shape index (κ2) is 10.1. The van der Waals surface area contributed by atoms with Gasteiger partial charge in [0.05, 0.1) is 50.0 Å². The Bertz CT molecular complexity index is 1100. The lowest BCUT2D eigenvalue weighted by atomic mass is 10.2. The fraction of sp³-hybridized carbons (Fsp3) is 0.476. The first-order valence-corrected chi connectivity index (χ1v) is 10.6. The second-order valence-electron chi connectivity index (χ2n) is 7.88. The molecule has 1 unspecified atom stereocenters. The topological polar surface area (TPSA) is 103 Å². The van der Waals surface area contributed by atoms with Crippen molar-refractivity contribution >= 4 is 11.9 Å². The van der Waals surface area contributed by atoms with Crippen molar-refractivity contribution in [2.45, 2.75) is 25.5 Å². The maximum Gasteiger partial charge on any atom is 0.230 e. The van der Waals surface area contributed by atoms with Crippen LogP contribution in [0, 0.1) is 11.6 Å². The molecule has 1 fully saturated rings. The normalized spacial score (nSPS) is 17.2. The Balaban J connectivity index is 1.66. The van der Waals surface area contributed by atoms with Crippen LogP contribution in [0.2, 0.25) is 0 Å². The van der Waals surface area contributed by atoms with E-state index in [2.05, 4.69) is 30.2 Å². The minimum Gasteiger partial charge on any atom is -0.382 e. The van der Waals surface area contributed by atoms with Crippen molar-refractivity contribution in [3.8, 4) is 0 Å². The van der Waals surface area contributed by atoms with E-state index in [1.54, 1.807) is 6.33 Å². The number of halogens is 2. The van der Waals surface area contributed by atoms with Crippen molar-refractivity contribution < 1.29 is 18.3 Å². The molecule has 4 heterocycles. The molecule has 3 aromatic rings. The Kier molecular flexibility index (Phi) is 7.04. The number of aromatic nitrogens is 6. The van der Waals surface area contributed by atoms with Gasteiger partial charge in [-0.25, -0.2) is 13.8 Å². The SMILES string of the molecule is COC[C@H](Nc1nc(Cc2cn(C)cn2)nc(N2CCOC(C)C2)n1)c1ncc(F)cc1F. The van der Waals surface area contributed by atoms with Crippen LogP contribution in [0.4, 0.5) is 20.7 Å². The number of morpholine rings is 1. The van der Waals surface area contributed by atoms with E-state index in [9.17, 15) is 8.78 Å². The summed E-state index contributed by atoms with van der Waals surface area (Å²) < 4.78 is 40.5. The fourth-order valence-corrected chi connectivity index (χ4v) is 3.61. The number of ether oxygens (including phenoxy) is 2. The highest BCUT2D eigenvalue weighted by Crippen LogP contribution is 2.22. The van der Waals surface area contributed by atoms with E-state index in [0.29, 0.717) is 37.9 Å². The summed E-state index contributed by atoms with van der Waals surface area (Å²) in [5.41, 5.74) is 0.808. The molecule has 10 nitrogen and oxygen atoms in total. The van der Waals surface area contributed by atoms with Gasteiger partial charge >= 0.3 is 0 Å². The van der Waals surface area contributed by atoms with Gasteiger partial charge in [-0.15, -0.1) is 0 Å². The van der Waals surface area contributed by atoms with Crippen molar-refractivity contribution in [3.63, 3.8) is 0 Å². The molecule has 0 aromatic carbocycles. The molecule has 2 atom stereocenters. The van der Waals surface area contributed by atoms with Crippen molar-refractivity contribution in [1.29, 1.82) is 0 Å². The largest absolute Gasteiger partial charge is 0.382 e. The van der Waals surface area contributed by atoms with E-state index in [1.165, 1.54) is 7.11 Å². The Morgan fingerprint density at radius 1 is 1.27 bits per heavy atom. The Morgan fingerprint density at radius 3 is 2.82 bits per heavy atom. The average Bonchev–Trinajstić information content (AvgIpc) is 3.18. The van der Waals surface area contributed by atoms with Crippen LogP contribution in [-0.4, -0.2) is 69.0 Å². The zero-order chi connectivity index (χ0) is 23.4. The summed E-state index contributed by atoms with van der Waals surface area (Å²) in [5.74, 6) is -0.317. The summed E-state index contributed by atoms with van der Waals surface area (Å²) in [7, 11) is 3.37. The van der Waals surface area contributed by atoms with Crippen molar-refractivity contribution in [2.24, 2.45) is 7.05 Å². The Hall–Kier alpha value is -3.25. The molecule has 4 rings (SSSR count). The molecule has 12 heteroatoms. The number of hydrogen-bond donors (Lipinski definition) is 1. The molecular weight excluding hydrogens is 434 g/mol. The zero-order valence-corrected chi connectivity index (χ0v) is 18.7. The van der Waals surface area contributed by atoms with Gasteiger partial charge in [-0.05, 0) is 6.92 Å². The van der Waals surface area contributed by atoms with Crippen LogP contribution in [0.1, 0.15) is 30.2 Å².